The monoisotopic (exact) mass is 577 g/mol. The molecule has 1 fully saturated rings. The Labute approximate surface area is 230 Å². The number of sulfonamides is 1. The number of halogens is 3. The zero-order valence-electron chi connectivity index (χ0n) is 22.3. The molecule has 0 amide bonds. The number of piperidine rings is 1. The van der Waals surface area contributed by atoms with Crippen LogP contribution in [0, 0.1) is 11.3 Å². The van der Waals surface area contributed by atoms with Crippen LogP contribution in [-0.2, 0) is 16.2 Å². The predicted octanol–water partition coefficient (Wildman–Crippen LogP) is 3.03. The Kier molecular flexibility index (Phi) is 8.62. The van der Waals surface area contributed by atoms with Crippen LogP contribution < -0.4 is 10.6 Å². The van der Waals surface area contributed by atoms with E-state index >= 15 is 0 Å². The maximum absolute atomic E-state index is 13.9. The van der Waals surface area contributed by atoms with Crippen molar-refractivity contribution in [1.29, 1.82) is 5.26 Å². The number of imidazole rings is 1. The van der Waals surface area contributed by atoms with Gasteiger partial charge in [-0.05, 0) is 45.1 Å². The van der Waals surface area contributed by atoms with Crippen LogP contribution in [0.3, 0.4) is 0 Å². The Bertz CT molecular complexity index is 1490. The van der Waals surface area contributed by atoms with E-state index in [1.807, 2.05) is 19.0 Å². The molecular formula is C25H30F3N9O2S. The van der Waals surface area contributed by atoms with Crippen molar-refractivity contribution in [2.75, 3.05) is 57.2 Å². The van der Waals surface area contributed by atoms with Crippen LogP contribution in [-0.4, -0.2) is 89.7 Å². The zero-order valence-corrected chi connectivity index (χ0v) is 23.1. The molecule has 0 radical (unpaired) electrons. The SMILES string of the molecule is CN(C)CCNc1ccc(-n2cnc(-c3nc(NC4CCN(S(C)(=O)=O)CC4)ncc3C(F)(F)F)c2)c(C#N)c1. The van der Waals surface area contributed by atoms with Gasteiger partial charge in [0.05, 0.1) is 17.5 Å². The number of hydrogen-bond acceptors (Lipinski definition) is 9. The predicted molar refractivity (Wildman–Crippen MR) is 144 cm³/mol. The lowest BCUT2D eigenvalue weighted by Gasteiger charge is -2.30. The Morgan fingerprint density at radius 2 is 1.93 bits per heavy atom. The van der Waals surface area contributed by atoms with Gasteiger partial charge in [0.15, 0.2) is 0 Å². The summed E-state index contributed by atoms with van der Waals surface area (Å²) in [5.41, 5.74) is 0.0322. The van der Waals surface area contributed by atoms with Gasteiger partial charge in [-0.1, -0.05) is 0 Å². The summed E-state index contributed by atoms with van der Waals surface area (Å²) in [6, 6.07) is 7.08. The summed E-state index contributed by atoms with van der Waals surface area (Å²) in [5.74, 6) is -0.0128. The molecule has 2 aromatic heterocycles. The van der Waals surface area contributed by atoms with Gasteiger partial charge in [0.1, 0.15) is 29.3 Å². The van der Waals surface area contributed by atoms with Crippen LogP contribution in [0.2, 0.25) is 0 Å². The highest BCUT2D eigenvalue weighted by Gasteiger charge is 2.36. The van der Waals surface area contributed by atoms with Gasteiger partial charge < -0.3 is 20.1 Å². The molecule has 0 unspecified atom stereocenters. The van der Waals surface area contributed by atoms with Gasteiger partial charge in [-0.25, -0.2) is 27.7 Å². The first-order valence-electron chi connectivity index (χ1n) is 12.5. The van der Waals surface area contributed by atoms with Gasteiger partial charge in [0, 0.05) is 50.3 Å². The second-order valence-electron chi connectivity index (χ2n) is 9.77. The van der Waals surface area contributed by atoms with Gasteiger partial charge in [-0.2, -0.15) is 18.4 Å². The Morgan fingerprint density at radius 3 is 2.55 bits per heavy atom. The molecule has 0 saturated carbocycles. The topological polar surface area (TPSA) is 132 Å². The maximum atomic E-state index is 13.9. The number of nitrogens with zero attached hydrogens (tertiary/aromatic N) is 7. The van der Waals surface area contributed by atoms with Crippen molar-refractivity contribution in [3.8, 4) is 23.1 Å². The highest BCUT2D eigenvalue weighted by molar-refractivity contribution is 7.88. The molecule has 214 valence electrons. The summed E-state index contributed by atoms with van der Waals surface area (Å²) in [5, 5.41) is 16.0. The summed E-state index contributed by atoms with van der Waals surface area (Å²) in [6.45, 7) is 2.05. The number of benzene rings is 1. The number of anilines is 2. The third-order valence-corrected chi connectivity index (χ3v) is 7.76. The molecule has 1 aromatic carbocycles. The van der Waals surface area contributed by atoms with Crippen LogP contribution in [0.4, 0.5) is 24.8 Å². The molecule has 1 aliphatic heterocycles. The summed E-state index contributed by atoms with van der Waals surface area (Å²) in [6.07, 6.45) is 0.766. The number of rotatable bonds is 9. The smallest absolute Gasteiger partial charge is 0.384 e. The fraction of sp³-hybridized carbons (Fsp3) is 0.440. The molecule has 0 spiro atoms. The molecule has 1 saturated heterocycles. The molecule has 11 nitrogen and oxygen atoms in total. The molecule has 40 heavy (non-hydrogen) atoms. The number of aromatic nitrogens is 4. The summed E-state index contributed by atoms with van der Waals surface area (Å²) in [7, 11) is 0.594. The van der Waals surface area contributed by atoms with Crippen molar-refractivity contribution in [2.45, 2.75) is 25.1 Å². The van der Waals surface area contributed by atoms with E-state index in [4.69, 9.17) is 0 Å². The first-order valence-corrected chi connectivity index (χ1v) is 14.3. The third kappa shape index (κ3) is 7.06. The van der Waals surface area contributed by atoms with Crippen molar-refractivity contribution < 1.29 is 21.6 Å². The molecule has 0 aliphatic carbocycles. The lowest BCUT2D eigenvalue weighted by atomic mass is 10.1. The Hall–Kier alpha value is -3.74. The highest BCUT2D eigenvalue weighted by atomic mass is 32.2. The van der Waals surface area contributed by atoms with E-state index in [0.29, 0.717) is 49.9 Å². The van der Waals surface area contributed by atoms with Gasteiger partial charge in [-0.3, -0.25) is 0 Å². The van der Waals surface area contributed by atoms with Crippen LogP contribution in [0.1, 0.15) is 24.0 Å². The average molecular weight is 578 g/mol. The molecule has 15 heteroatoms. The van der Waals surface area contributed by atoms with Crippen LogP contribution in [0.25, 0.3) is 17.1 Å². The first kappa shape index (κ1) is 29.2. The minimum absolute atomic E-state index is 0.0128. The molecule has 2 N–H and O–H groups in total. The quantitative estimate of drug-likeness (QED) is 0.394. The second kappa shape index (κ2) is 11.8. The molecule has 4 rings (SSSR count). The van der Waals surface area contributed by atoms with E-state index in [0.717, 1.165) is 18.5 Å². The van der Waals surface area contributed by atoms with E-state index in [1.54, 1.807) is 18.2 Å². The molecule has 3 heterocycles. The van der Waals surface area contributed by atoms with Gasteiger partial charge in [0.2, 0.25) is 16.0 Å². The van der Waals surface area contributed by atoms with Gasteiger partial charge in [0.25, 0.3) is 0 Å². The van der Waals surface area contributed by atoms with Crippen molar-refractivity contribution >= 4 is 21.7 Å². The van der Waals surface area contributed by atoms with Crippen molar-refractivity contribution in [3.63, 3.8) is 0 Å². The van der Waals surface area contributed by atoms with E-state index in [9.17, 15) is 26.9 Å². The van der Waals surface area contributed by atoms with Crippen LogP contribution in [0.15, 0.2) is 36.9 Å². The minimum atomic E-state index is -4.73. The summed E-state index contributed by atoms with van der Waals surface area (Å²) in [4.78, 5) is 14.2. The zero-order chi connectivity index (χ0) is 29.1. The van der Waals surface area contributed by atoms with Crippen LogP contribution in [0.5, 0.6) is 0 Å². The van der Waals surface area contributed by atoms with E-state index in [-0.39, 0.29) is 17.7 Å². The van der Waals surface area contributed by atoms with E-state index < -0.39 is 27.5 Å². The van der Waals surface area contributed by atoms with Crippen molar-refractivity contribution in [2.24, 2.45) is 0 Å². The number of hydrogen-bond donors (Lipinski definition) is 2. The Balaban J connectivity index is 1.58. The van der Waals surface area contributed by atoms with E-state index in [1.165, 1.54) is 21.4 Å². The van der Waals surface area contributed by atoms with E-state index in [2.05, 4.69) is 31.7 Å². The standard InChI is InChI=1S/C25H30F3N9O2S/c1-35(2)11-8-30-19-4-5-22(17(12-19)13-29)36-15-21(32-16-36)23-20(25(26,27)28)14-31-24(34-23)33-18-6-9-37(10-7-18)40(3,38)39/h4-5,12,14-16,18,30H,6-11H2,1-3H3,(H,31,33,34). The number of alkyl halides is 3. The first-order chi connectivity index (χ1) is 18.8. The highest BCUT2D eigenvalue weighted by Crippen LogP contribution is 2.36. The average Bonchev–Trinajstić information content (AvgIpc) is 3.37. The van der Waals surface area contributed by atoms with Crippen LogP contribution >= 0.6 is 0 Å². The normalized spacial score (nSPS) is 15.2. The molecule has 3 aromatic rings. The molecule has 0 bridgehead atoms. The van der Waals surface area contributed by atoms with Gasteiger partial charge >= 0.3 is 6.18 Å². The minimum Gasteiger partial charge on any atom is -0.384 e. The molecule has 1 aliphatic rings. The molecule has 0 atom stereocenters. The lowest BCUT2D eigenvalue weighted by Crippen LogP contribution is -2.42. The number of nitriles is 1. The number of nitrogens with one attached hydrogen (secondary N) is 2. The molecular weight excluding hydrogens is 547 g/mol. The summed E-state index contributed by atoms with van der Waals surface area (Å²) >= 11 is 0. The third-order valence-electron chi connectivity index (χ3n) is 6.46. The largest absolute Gasteiger partial charge is 0.420 e. The Morgan fingerprint density at radius 1 is 1.20 bits per heavy atom. The number of likely N-dealkylation sites (N-methyl/N-ethyl adjacent to an activating group) is 1. The fourth-order valence-electron chi connectivity index (χ4n) is 4.33. The van der Waals surface area contributed by atoms with Gasteiger partial charge in [-0.15, -0.1) is 0 Å². The van der Waals surface area contributed by atoms with Crippen molar-refractivity contribution in [1.82, 2.24) is 28.7 Å². The maximum Gasteiger partial charge on any atom is 0.420 e. The lowest BCUT2D eigenvalue weighted by molar-refractivity contribution is -0.137. The summed E-state index contributed by atoms with van der Waals surface area (Å²) < 4.78 is 68.0. The fourth-order valence-corrected chi connectivity index (χ4v) is 5.20. The second-order valence-corrected chi connectivity index (χ2v) is 11.8. The van der Waals surface area contributed by atoms with Crippen molar-refractivity contribution in [3.05, 3.63) is 48.0 Å².